The number of nitrogens with zero attached hydrogens (tertiary/aromatic N) is 1. The van der Waals surface area contributed by atoms with Crippen molar-refractivity contribution in [2.45, 2.75) is 6.42 Å². The first-order valence-electron chi connectivity index (χ1n) is 5.93. The van der Waals surface area contributed by atoms with Gasteiger partial charge in [0.25, 0.3) is 0 Å². The molecule has 0 heterocycles. The summed E-state index contributed by atoms with van der Waals surface area (Å²) in [5, 5.41) is 12.2. The Morgan fingerprint density at radius 2 is 2.05 bits per heavy atom. The number of benzene rings is 2. The Bertz CT molecular complexity index is 692. The number of nitrogen functional groups attached to an aromatic ring is 1. The van der Waals surface area contributed by atoms with Gasteiger partial charge in [-0.05, 0) is 29.8 Å². The molecule has 0 aliphatic rings. The zero-order chi connectivity index (χ0) is 14.5. The fraction of sp³-hybridized carbons (Fsp3) is 0.0667. The van der Waals surface area contributed by atoms with Gasteiger partial charge in [0, 0.05) is 10.7 Å². The molecule has 2 aromatic carbocycles. The number of rotatable bonds is 3. The van der Waals surface area contributed by atoms with Crippen LogP contribution in [-0.4, -0.2) is 5.91 Å². The molecule has 0 bridgehead atoms. The van der Waals surface area contributed by atoms with E-state index in [0.717, 1.165) is 5.56 Å². The lowest BCUT2D eigenvalue weighted by atomic mass is 10.1. The first-order valence-corrected chi connectivity index (χ1v) is 6.31. The van der Waals surface area contributed by atoms with Gasteiger partial charge in [-0.2, -0.15) is 5.26 Å². The number of amides is 1. The van der Waals surface area contributed by atoms with Crippen molar-refractivity contribution in [1.82, 2.24) is 0 Å². The highest BCUT2D eigenvalue weighted by Gasteiger charge is 2.09. The summed E-state index contributed by atoms with van der Waals surface area (Å²) in [6.07, 6.45) is 0.148. The van der Waals surface area contributed by atoms with Crippen LogP contribution in [0.2, 0.25) is 5.02 Å². The maximum atomic E-state index is 12.0. The predicted molar refractivity (Wildman–Crippen MR) is 79.4 cm³/mol. The summed E-state index contributed by atoms with van der Waals surface area (Å²) in [5.74, 6) is -0.237. The van der Waals surface area contributed by atoms with E-state index in [1.165, 1.54) is 6.07 Å². The SMILES string of the molecule is N#Cc1cc(N)ccc1NC(=O)Cc1ccccc1Cl. The van der Waals surface area contributed by atoms with Crippen molar-refractivity contribution in [3.05, 3.63) is 58.6 Å². The molecule has 0 atom stereocenters. The largest absolute Gasteiger partial charge is 0.399 e. The highest BCUT2D eigenvalue weighted by atomic mass is 35.5. The number of carbonyl (C=O) groups is 1. The standard InChI is InChI=1S/C15H12ClN3O/c16-13-4-2-1-3-10(13)8-15(20)19-14-6-5-12(18)7-11(14)9-17/h1-7H,8,18H2,(H,19,20). The summed E-state index contributed by atoms with van der Waals surface area (Å²) in [4.78, 5) is 12.0. The number of nitrogens with two attached hydrogens (primary N) is 1. The van der Waals surface area contributed by atoms with Crippen LogP contribution in [0.4, 0.5) is 11.4 Å². The topological polar surface area (TPSA) is 78.9 Å². The molecule has 100 valence electrons. The van der Waals surface area contributed by atoms with Crippen LogP contribution in [0.3, 0.4) is 0 Å². The monoisotopic (exact) mass is 285 g/mol. The van der Waals surface area contributed by atoms with E-state index in [2.05, 4.69) is 5.32 Å². The zero-order valence-electron chi connectivity index (χ0n) is 10.6. The third-order valence-electron chi connectivity index (χ3n) is 2.75. The van der Waals surface area contributed by atoms with Crippen molar-refractivity contribution >= 4 is 28.9 Å². The van der Waals surface area contributed by atoms with Gasteiger partial charge in [-0.15, -0.1) is 0 Å². The van der Waals surface area contributed by atoms with E-state index in [4.69, 9.17) is 22.6 Å². The molecular weight excluding hydrogens is 274 g/mol. The minimum Gasteiger partial charge on any atom is -0.399 e. The zero-order valence-corrected chi connectivity index (χ0v) is 11.3. The first-order chi connectivity index (χ1) is 9.60. The number of hydrogen-bond acceptors (Lipinski definition) is 3. The molecule has 0 saturated heterocycles. The molecule has 20 heavy (non-hydrogen) atoms. The van der Waals surface area contributed by atoms with Crippen LogP contribution in [0.5, 0.6) is 0 Å². The molecule has 0 aliphatic carbocycles. The maximum absolute atomic E-state index is 12.0. The van der Waals surface area contributed by atoms with Crippen LogP contribution >= 0.6 is 11.6 Å². The Morgan fingerprint density at radius 1 is 1.30 bits per heavy atom. The van der Waals surface area contributed by atoms with Crippen molar-refractivity contribution < 1.29 is 4.79 Å². The van der Waals surface area contributed by atoms with E-state index in [9.17, 15) is 4.79 Å². The number of nitriles is 1. The summed E-state index contributed by atoms with van der Waals surface area (Å²) in [5.41, 5.74) is 7.58. The van der Waals surface area contributed by atoms with E-state index in [1.807, 2.05) is 12.1 Å². The Hall–Kier alpha value is -2.51. The third kappa shape index (κ3) is 3.28. The lowest BCUT2D eigenvalue weighted by Crippen LogP contribution is -2.15. The fourth-order valence-corrected chi connectivity index (χ4v) is 1.98. The number of carbonyl (C=O) groups excluding carboxylic acids is 1. The second-order valence-electron chi connectivity index (χ2n) is 4.23. The molecule has 0 fully saturated rings. The second-order valence-corrected chi connectivity index (χ2v) is 4.64. The summed E-state index contributed by atoms with van der Waals surface area (Å²) in [6.45, 7) is 0. The Balaban J connectivity index is 2.13. The molecular formula is C15H12ClN3O. The van der Waals surface area contributed by atoms with Crippen molar-refractivity contribution in [3.63, 3.8) is 0 Å². The molecule has 5 heteroatoms. The highest BCUT2D eigenvalue weighted by molar-refractivity contribution is 6.31. The van der Waals surface area contributed by atoms with Gasteiger partial charge in [-0.1, -0.05) is 29.8 Å². The predicted octanol–water partition coefficient (Wildman–Crippen LogP) is 2.98. The van der Waals surface area contributed by atoms with E-state index >= 15 is 0 Å². The van der Waals surface area contributed by atoms with Crippen molar-refractivity contribution in [1.29, 1.82) is 5.26 Å². The number of halogens is 1. The molecule has 0 unspecified atom stereocenters. The fourth-order valence-electron chi connectivity index (χ4n) is 1.77. The Labute approximate surface area is 121 Å². The quantitative estimate of drug-likeness (QED) is 0.851. The molecule has 2 rings (SSSR count). The Kier molecular flexibility index (Phi) is 4.24. The minimum atomic E-state index is -0.237. The van der Waals surface area contributed by atoms with Crippen molar-refractivity contribution in [3.8, 4) is 6.07 Å². The summed E-state index contributed by atoms with van der Waals surface area (Å²) in [7, 11) is 0. The summed E-state index contributed by atoms with van der Waals surface area (Å²) in [6, 6.07) is 13.9. The van der Waals surface area contributed by atoms with Crippen LogP contribution in [0.25, 0.3) is 0 Å². The van der Waals surface area contributed by atoms with Gasteiger partial charge in [0.1, 0.15) is 6.07 Å². The first kappa shape index (κ1) is 13.9. The van der Waals surface area contributed by atoms with Gasteiger partial charge in [0.2, 0.25) is 5.91 Å². The lowest BCUT2D eigenvalue weighted by molar-refractivity contribution is -0.115. The molecule has 2 aromatic rings. The minimum absolute atomic E-state index is 0.148. The van der Waals surface area contributed by atoms with E-state index in [1.54, 1.807) is 30.3 Å². The van der Waals surface area contributed by atoms with Gasteiger partial charge >= 0.3 is 0 Å². The number of nitrogens with one attached hydrogen (secondary N) is 1. The number of hydrogen-bond donors (Lipinski definition) is 2. The molecule has 0 aliphatic heterocycles. The smallest absolute Gasteiger partial charge is 0.228 e. The molecule has 0 aromatic heterocycles. The average Bonchev–Trinajstić information content (AvgIpc) is 2.43. The van der Waals surface area contributed by atoms with Gasteiger partial charge in [0.05, 0.1) is 17.7 Å². The van der Waals surface area contributed by atoms with Crippen LogP contribution < -0.4 is 11.1 Å². The highest BCUT2D eigenvalue weighted by Crippen LogP contribution is 2.19. The Morgan fingerprint density at radius 3 is 2.75 bits per heavy atom. The average molecular weight is 286 g/mol. The lowest BCUT2D eigenvalue weighted by Gasteiger charge is -2.08. The van der Waals surface area contributed by atoms with Crippen LogP contribution in [0, 0.1) is 11.3 Å². The van der Waals surface area contributed by atoms with Crippen LogP contribution in [0.1, 0.15) is 11.1 Å². The second kappa shape index (κ2) is 6.09. The maximum Gasteiger partial charge on any atom is 0.228 e. The van der Waals surface area contributed by atoms with Gasteiger partial charge in [0.15, 0.2) is 0 Å². The third-order valence-corrected chi connectivity index (χ3v) is 3.12. The van der Waals surface area contributed by atoms with Crippen molar-refractivity contribution in [2.24, 2.45) is 0 Å². The van der Waals surface area contributed by atoms with E-state index < -0.39 is 0 Å². The molecule has 4 nitrogen and oxygen atoms in total. The summed E-state index contributed by atoms with van der Waals surface area (Å²) < 4.78 is 0. The molecule has 1 amide bonds. The number of anilines is 2. The van der Waals surface area contributed by atoms with Crippen LogP contribution in [-0.2, 0) is 11.2 Å². The van der Waals surface area contributed by atoms with E-state index in [0.29, 0.717) is 22.0 Å². The van der Waals surface area contributed by atoms with Crippen LogP contribution in [0.15, 0.2) is 42.5 Å². The van der Waals surface area contributed by atoms with Gasteiger partial charge in [-0.25, -0.2) is 0 Å². The molecule has 0 radical (unpaired) electrons. The van der Waals surface area contributed by atoms with E-state index in [-0.39, 0.29) is 12.3 Å². The normalized spacial score (nSPS) is 9.80. The molecule has 3 N–H and O–H groups in total. The molecule has 0 spiro atoms. The van der Waals surface area contributed by atoms with Gasteiger partial charge in [-0.3, -0.25) is 4.79 Å². The molecule has 0 saturated carbocycles. The van der Waals surface area contributed by atoms with Crippen molar-refractivity contribution in [2.75, 3.05) is 11.1 Å². The van der Waals surface area contributed by atoms with Gasteiger partial charge < -0.3 is 11.1 Å². The summed E-state index contributed by atoms with van der Waals surface area (Å²) >= 11 is 6.00.